The molecule has 4 heteroatoms. The van der Waals surface area contributed by atoms with Crippen LogP contribution in [0.25, 0.3) is 0 Å². The minimum atomic E-state index is -0.840. The second kappa shape index (κ2) is 5.23. The van der Waals surface area contributed by atoms with Crippen LogP contribution >= 0.6 is 0 Å². The molecule has 0 aliphatic heterocycles. The third kappa shape index (κ3) is 2.54. The molecule has 0 aliphatic carbocycles. The summed E-state index contributed by atoms with van der Waals surface area (Å²) in [5.41, 5.74) is 2.01. The smallest absolute Gasteiger partial charge is 0.131 e. The van der Waals surface area contributed by atoms with E-state index in [2.05, 4.69) is 0 Å². The first-order chi connectivity index (χ1) is 8.59. The van der Waals surface area contributed by atoms with Gasteiger partial charge in [0.15, 0.2) is 0 Å². The molecule has 3 nitrogen and oxygen atoms in total. The first kappa shape index (κ1) is 12.6. The van der Waals surface area contributed by atoms with E-state index >= 15 is 0 Å². The number of hydrogen-bond donors (Lipinski definition) is 1. The Hall–Kier alpha value is -1.81. The molecule has 2 rings (SSSR count). The van der Waals surface area contributed by atoms with Crippen molar-refractivity contribution in [3.63, 3.8) is 0 Å². The molecule has 0 radical (unpaired) electrons. The topological polar surface area (TPSA) is 36.6 Å². The van der Waals surface area contributed by atoms with Crippen LogP contribution in [-0.4, -0.2) is 12.2 Å². The van der Waals surface area contributed by atoms with Crippen LogP contribution in [0.4, 0.5) is 10.1 Å². The number of furan rings is 1. The van der Waals surface area contributed by atoms with Gasteiger partial charge in [0.05, 0.1) is 18.6 Å². The van der Waals surface area contributed by atoms with Crippen molar-refractivity contribution >= 4 is 5.69 Å². The molecule has 0 saturated carbocycles. The summed E-state index contributed by atoms with van der Waals surface area (Å²) >= 11 is 0. The molecular weight excluding hydrogens is 233 g/mol. The molecule has 1 N–H and O–H groups in total. The zero-order valence-corrected chi connectivity index (χ0v) is 10.4. The summed E-state index contributed by atoms with van der Waals surface area (Å²) < 4.78 is 18.7. The lowest BCUT2D eigenvalue weighted by Gasteiger charge is -2.23. The Labute approximate surface area is 105 Å². The minimum absolute atomic E-state index is 0.323. The Morgan fingerprint density at radius 1 is 1.39 bits per heavy atom. The number of benzene rings is 1. The van der Waals surface area contributed by atoms with E-state index in [1.54, 1.807) is 31.6 Å². The molecule has 0 spiro atoms. The van der Waals surface area contributed by atoms with E-state index in [0.29, 0.717) is 17.8 Å². The lowest BCUT2D eigenvalue weighted by Crippen LogP contribution is -2.19. The number of nitrogens with zero attached hydrogens (tertiary/aromatic N) is 1. The van der Waals surface area contributed by atoms with E-state index in [1.807, 2.05) is 18.0 Å². The Morgan fingerprint density at radius 3 is 2.78 bits per heavy atom. The molecular formula is C14H16FNO2. The maximum atomic E-state index is 13.7. The van der Waals surface area contributed by atoms with Gasteiger partial charge in [-0.25, -0.2) is 4.39 Å². The summed E-state index contributed by atoms with van der Waals surface area (Å²) in [5, 5.41) is 9.68. The molecule has 18 heavy (non-hydrogen) atoms. The first-order valence-corrected chi connectivity index (χ1v) is 5.78. The van der Waals surface area contributed by atoms with Crippen LogP contribution in [0.15, 0.2) is 41.2 Å². The average molecular weight is 249 g/mol. The van der Waals surface area contributed by atoms with Crippen LogP contribution in [0.3, 0.4) is 0 Å². The van der Waals surface area contributed by atoms with Crippen LogP contribution in [0.2, 0.25) is 0 Å². The number of hydrogen-bond acceptors (Lipinski definition) is 3. The van der Waals surface area contributed by atoms with E-state index in [9.17, 15) is 9.50 Å². The lowest BCUT2D eigenvalue weighted by atomic mass is 10.1. The third-order valence-corrected chi connectivity index (χ3v) is 2.86. The second-order valence-electron chi connectivity index (χ2n) is 4.34. The second-order valence-corrected chi connectivity index (χ2v) is 4.34. The maximum Gasteiger partial charge on any atom is 0.131 e. The van der Waals surface area contributed by atoms with Crippen molar-refractivity contribution in [3.8, 4) is 0 Å². The predicted octanol–water partition coefficient (Wildman–Crippen LogP) is 3.11. The van der Waals surface area contributed by atoms with E-state index in [1.165, 1.54) is 6.07 Å². The standard InChI is InChI=1S/C14H16FNO2/c1-10(17)14-12(15)4-3-5-13(14)16(2)8-11-6-7-18-9-11/h3-7,9-10,17H,8H2,1-2H3/t10-/m0/s1. The SMILES string of the molecule is C[C@H](O)c1c(F)cccc1N(C)Cc1ccoc1. The molecule has 0 aliphatic rings. The van der Waals surface area contributed by atoms with Gasteiger partial charge in [-0.05, 0) is 25.1 Å². The van der Waals surface area contributed by atoms with Crippen LogP contribution in [0.5, 0.6) is 0 Å². The highest BCUT2D eigenvalue weighted by atomic mass is 19.1. The van der Waals surface area contributed by atoms with Crippen molar-refractivity contribution in [1.29, 1.82) is 0 Å². The molecule has 0 fully saturated rings. The van der Waals surface area contributed by atoms with Gasteiger partial charge in [-0.1, -0.05) is 6.07 Å². The van der Waals surface area contributed by atoms with Crippen LogP contribution in [-0.2, 0) is 6.54 Å². The lowest BCUT2D eigenvalue weighted by molar-refractivity contribution is 0.194. The van der Waals surface area contributed by atoms with Crippen LogP contribution in [0.1, 0.15) is 24.2 Å². The van der Waals surface area contributed by atoms with Gasteiger partial charge in [-0.3, -0.25) is 0 Å². The molecule has 0 amide bonds. The van der Waals surface area contributed by atoms with Gasteiger partial charge >= 0.3 is 0 Å². The van der Waals surface area contributed by atoms with E-state index in [-0.39, 0.29) is 5.82 Å². The van der Waals surface area contributed by atoms with Gasteiger partial charge in [0, 0.05) is 30.4 Å². The normalized spacial score (nSPS) is 12.4. The number of rotatable bonds is 4. The zero-order chi connectivity index (χ0) is 13.1. The molecule has 1 aromatic carbocycles. The van der Waals surface area contributed by atoms with Gasteiger partial charge in [0.2, 0.25) is 0 Å². The largest absolute Gasteiger partial charge is 0.472 e. The summed E-state index contributed by atoms with van der Waals surface area (Å²) in [6.07, 6.45) is 2.41. The van der Waals surface area contributed by atoms with Gasteiger partial charge in [0.25, 0.3) is 0 Å². The molecule has 1 atom stereocenters. The van der Waals surface area contributed by atoms with Gasteiger partial charge in [0.1, 0.15) is 5.82 Å². The van der Waals surface area contributed by atoms with Crippen LogP contribution in [0, 0.1) is 5.82 Å². The fourth-order valence-corrected chi connectivity index (χ4v) is 2.01. The summed E-state index contributed by atoms with van der Waals surface area (Å²) in [6.45, 7) is 2.16. The van der Waals surface area contributed by atoms with Crippen molar-refractivity contribution in [2.45, 2.75) is 19.6 Å². The van der Waals surface area contributed by atoms with Crippen molar-refractivity contribution in [2.75, 3.05) is 11.9 Å². The fraction of sp³-hybridized carbons (Fsp3) is 0.286. The Balaban J connectivity index is 2.29. The van der Waals surface area contributed by atoms with Gasteiger partial charge in [-0.2, -0.15) is 0 Å². The van der Waals surface area contributed by atoms with Crippen molar-refractivity contribution in [1.82, 2.24) is 0 Å². The predicted molar refractivity (Wildman–Crippen MR) is 67.8 cm³/mol. The molecule has 0 bridgehead atoms. The van der Waals surface area contributed by atoms with E-state index < -0.39 is 6.10 Å². The fourth-order valence-electron chi connectivity index (χ4n) is 2.01. The van der Waals surface area contributed by atoms with Gasteiger partial charge < -0.3 is 14.4 Å². The van der Waals surface area contributed by atoms with Crippen LogP contribution < -0.4 is 4.90 Å². The molecule has 0 saturated heterocycles. The van der Waals surface area contributed by atoms with Gasteiger partial charge in [-0.15, -0.1) is 0 Å². The maximum absolute atomic E-state index is 13.7. The number of aliphatic hydroxyl groups is 1. The summed E-state index contributed by atoms with van der Waals surface area (Å²) in [6, 6.07) is 6.66. The highest BCUT2D eigenvalue weighted by Crippen LogP contribution is 2.29. The molecule has 1 heterocycles. The molecule has 96 valence electrons. The highest BCUT2D eigenvalue weighted by Gasteiger charge is 2.16. The Morgan fingerprint density at radius 2 is 2.17 bits per heavy atom. The monoisotopic (exact) mass is 249 g/mol. The summed E-state index contributed by atoms with van der Waals surface area (Å²) in [5.74, 6) is -0.387. The Kier molecular flexibility index (Phi) is 3.67. The molecule has 0 unspecified atom stereocenters. The summed E-state index contributed by atoms with van der Waals surface area (Å²) in [4.78, 5) is 1.88. The highest BCUT2D eigenvalue weighted by molar-refractivity contribution is 5.54. The van der Waals surface area contributed by atoms with Crippen molar-refractivity contribution in [2.24, 2.45) is 0 Å². The number of anilines is 1. The Bertz CT molecular complexity index is 509. The molecule has 2 aromatic rings. The zero-order valence-electron chi connectivity index (χ0n) is 10.4. The van der Waals surface area contributed by atoms with Crippen molar-refractivity contribution < 1.29 is 13.9 Å². The number of aliphatic hydroxyl groups excluding tert-OH is 1. The first-order valence-electron chi connectivity index (χ1n) is 5.78. The third-order valence-electron chi connectivity index (χ3n) is 2.86. The minimum Gasteiger partial charge on any atom is -0.472 e. The molecule has 1 aromatic heterocycles. The average Bonchev–Trinajstić information content (AvgIpc) is 2.80. The number of halogens is 1. The van der Waals surface area contributed by atoms with Crippen molar-refractivity contribution in [3.05, 3.63) is 53.7 Å². The van der Waals surface area contributed by atoms with E-state index in [4.69, 9.17) is 4.42 Å². The quantitative estimate of drug-likeness (QED) is 0.904. The van der Waals surface area contributed by atoms with E-state index in [0.717, 1.165) is 5.56 Å². The summed E-state index contributed by atoms with van der Waals surface area (Å²) in [7, 11) is 1.85.